The van der Waals surface area contributed by atoms with E-state index in [4.69, 9.17) is 0 Å². The van der Waals surface area contributed by atoms with Crippen molar-refractivity contribution in [2.24, 2.45) is 0 Å². The molecule has 0 radical (unpaired) electrons. The molecule has 2 heterocycles. The quantitative estimate of drug-likeness (QED) is 0.187. The molecule has 4 aromatic rings. The van der Waals surface area contributed by atoms with Crippen molar-refractivity contribution in [1.82, 2.24) is 20.6 Å². The Kier molecular flexibility index (Phi) is 10.7. The number of rotatable bonds is 12. The fourth-order valence-electron chi connectivity index (χ4n) is 4.57. The lowest BCUT2D eigenvalue weighted by Crippen LogP contribution is -2.51. The second-order valence-electron chi connectivity index (χ2n) is 12.0. The van der Waals surface area contributed by atoms with Crippen LogP contribution in [-0.2, 0) is 40.7 Å². The Hall–Kier alpha value is -4.37. The number of carbonyl (C=O) groups excluding carboxylic acids is 2. The molecule has 2 aromatic heterocycles. The smallest absolute Gasteiger partial charge is 0.325 e. The highest BCUT2D eigenvalue weighted by molar-refractivity contribution is 7.14. The second kappa shape index (κ2) is 14.4. The molecule has 0 aliphatic heterocycles. The van der Waals surface area contributed by atoms with Gasteiger partial charge in [0, 0.05) is 29.3 Å². The van der Waals surface area contributed by atoms with E-state index < -0.39 is 24.0 Å². The molecule has 230 valence electrons. The third kappa shape index (κ3) is 8.83. The lowest BCUT2D eigenvalue weighted by Gasteiger charge is -2.20. The van der Waals surface area contributed by atoms with E-state index in [1.165, 1.54) is 29.4 Å². The first kappa shape index (κ1) is 32.5. The summed E-state index contributed by atoms with van der Waals surface area (Å²) < 4.78 is 0. The summed E-state index contributed by atoms with van der Waals surface area (Å²) in [6.07, 6.45) is 6.69. The fraction of sp³-hybridized carbons (Fsp3) is 0.343. The third-order valence-corrected chi connectivity index (χ3v) is 8.92. The maximum absolute atomic E-state index is 13.1. The molecule has 2 aromatic carbocycles. The lowest BCUT2D eigenvalue weighted by atomic mass is 9.95. The predicted octanol–water partition coefficient (Wildman–Crippen LogP) is 5.78. The van der Waals surface area contributed by atoms with Gasteiger partial charge in [0.2, 0.25) is 5.91 Å². The zero-order valence-corrected chi connectivity index (χ0v) is 26.7. The van der Waals surface area contributed by atoms with E-state index in [2.05, 4.69) is 72.6 Å². The van der Waals surface area contributed by atoms with E-state index in [-0.39, 0.29) is 17.7 Å². The molecule has 4 rings (SSSR count). The molecule has 0 saturated carbocycles. The molecule has 3 N–H and O–H groups in total. The Balaban J connectivity index is 1.42. The maximum atomic E-state index is 13.1. The number of hydrogen-bond acceptors (Lipinski definition) is 6. The molecular formula is C35H40N4O4S. The van der Waals surface area contributed by atoms with Crippen LogP contribution in [-0.4, -0.2) is 44.9 Å². The highest BCUT2D eigenvalue weighted by atomic mass is 32.1. The topological polar surface area (TPSA) is 121 Å². The van der Waals surface area contributed by atoms with Crippen LogP contribution in [0.15, 0.2) is 73.1 Å². The normalized spacial score (nSPS) is 12.8. The van der Waals surface area contributed by atoms with Gasteiger partial charge in [0.05, 0.1) is 4.88 Å². The standard InChI is InChI=1S/C35H40N4O4S/c1-6-23-7-9-24(10-8-23)11-12-26-20-36-31(37-21-26)27-15-13-25(14-16-27)19-28(32(40)38-22(2)34(42)43)39-33(41)29-17-18-30(44-29)35(3,4)5/h7-10,13-18,20-22,28H,6,11-12,19H2,1-5H3,(H,38,40)(H,39,41)(H,42,43)/t22-,28+/m1/s1. The molecular weight excluding hydrogens is 572 g/mol. The van der Waals surface area contributed by atoms with Crippen molar-refractivity contribution < 1.29 is 19.5 Å². The van der Waals surface area contributed by atoms with Gasteiger partial charge in [0.1, 0.15) is 12.1 Å². The number of carbonyl (C=O) groups is 3. The first-order valence-electron chi connectivity index (χ1n) is 14.9. The van der Waals surface area contributed by atoms with Gasteiger partial charge in [0.25, 0.3) is 5.91 Å². The van der Waals surface area contributed by atoms with Crippen molar-refractivity contribution in [1.29, 1.82) is 0 Å². The average Bonchev–Trinajstić information content (AvgIpc) is 3.52. The largest absolute Gasteiger partial charge is 0.480 e. The molecule has 0 bridgehead atoms. The number of carboxylic acid groups (broad SMARTS) is 1. The number of hydrogen-bond donors (Lipinski definition) is 3. The Morgan fingerprint density at radius 1 is 0.818 bits per heavy atom. The summed E-state index contributed by atoms with van der Waals surface area (Å²) in [7, 11) is 0. The lowest BCUT2D eigenvalue weighted by molar-refractivity contribution is -0.141. The van der Waals surface area contributed by atoms with Crippen LogP contribution in [0.4, 0.5) is 0 Å². The molecule has 8 nitrogen and oxygen atoms in total. The molecule has 0 fully saturated rings. The van der Waals surface area contributed by atoms with Gasteiger partial charge >= 0.3 is 5.97 Å². The third-order valence-electron chi connectivity index (χ3n) is 7.41. The Bertz CT molecular complexity index is 1570. The number of nitrogens with one attached hydrogen (secondary N) is 2. The Morgan fingerprint density at radius 3 is 1.98 bits per heavy atom. The fourth-order valence-corrected chi connectivity index (χ4v) is 5.53. The van der Waals surface area contributed by atoms with Gasteiger partial charge in [-0.15, -0.1) is 11.3 Å². The number of nitrogens with zero attached hydrogens (tertiary/aromatic N) is 2. The summed E-state index contributed by atoms with van der Waals surface area (Å²) in [6.45, 7) is 9.75. The van der Waals surface area contributed by atoms with Gasteiger partial charge in [-0.2, -0.15) is 0 Å². The number of aromatic nitrogens is 2. The minimum atomic E-state index is -1.16. The zero-order chi connectivity index (χ0) is 31.9. The van der Waals surface area contributed by atoms with Crippen molar-refractivity contribution in [3.05, 3.63) is 105 Å². The van der Waals surface area contributed by atoms with Gasteiger partial charge in [-0.3, -0.25) is 14.4 Å². The predicted molar refractivity (Wildman–Crippen MR) is 174 cm³/mol. The van der Waals surface area contributed by atoms with Crippen LogP contribution in [0.3, 0.4) is 0 Å². The highest BCUT2D eigenvalue weighted by Crippen LogP contribution is 2.29. The van der Waals surface area contributed by atoms with Crippen LogP contribution in [0.1, 0.15) is 71.4 Å². The Labute approximate surface area is 263 Å². The van der Waals surface area contributed by atoms with Crippen molar-refractivity contribution in [3.8, 4) is 11.4 Å². The first-order valence-corrected chi connectivity index (χ1v) is 15.7. The van der Waals surface area contributed by atoms with Crippen LogP contribution >= 0.6 is 11.3 Å². The molecule has 9 heteroatoms. The van der Waals surface area contributed by atoms with Crippen LogP contribution in [0, 0.1) is 0 Å². The molecule has 2 amide bonds. The van der Waals surface area contributed by atoms with E-state index in [0.29, 0.717) is 10.7 Å². The monoisotopic (exact) mass is 612 g/mol. The van der Waals surface area contributed by atoms with Gasteiger partial charge < -0.3 is 15.7 Å². The summed E-state index contributed by atoms with van der Waals surface area (Å²) >= 11 is 1.38. The van der Waals surface area contributed by atoms with Crippen molar-refractivity contribution in [3.63, 3.8) is 0 Å². The average molecular weight is 613 g/mol. The first-order chi connectivity index (χ1) is 20.9. The summed E-state index contributed by atoms with van der Waals surface area (Å²) in [5.41, 5.74) is 5.19. The van der Waals surface area contributed by atoms with E-state index in [0.717, 1.165) is 40.8 Å². The van der Waals surface area contributed by atoms with Gasteiger partial charge in [-0.1, -0.05) is 76.2 Å². The van der Waals surface area contributed by atoms with Gasteiger partial charge in [-0.25, -0.2) is 9.97 Å². The highest BCUT2D eigenvalue weighted by Gasteiger charge is 2.26. The molecule has 0 aliphatic rings. The maximum Gasteiger partial charge on any atom is 0.325 e. The number of aryl methyl sites for hydroxylation is 3. The SMILES string of the molecule is CCc1ccc(CCc2cnc(-c3ccc(C[C@H](NC(=O)c4ccc(C(C)(C)C)s4)C(=O)N[C@H](C)C(=O)O)cc3)nc2)cc1. The summed E-state index contributed by atoms with van der Waals surface area (Å²) in [5.74, 6) is -1.50. The molecule has 2 atom stereocenters. The molecule has 0 spiro atoms. The van der Waals surface area contributed by atoms with E-state index in [1.807, 2.05) is 42.7 Å². The van der Waals surface area contributed by atoms with E-state index in [1.54, 1.807) is 6.07 Å². The molecule has 44 heavy (non-hydrogen) atoms. The number of amides is 2. The Morgan fingerprint density at radius 2 is 1.41 bits per heavy atom. The van der Waals surface area contributed by atoms with Crippen molar-refractivity contribution >= 4 is 29.1 Å². The molecule has 0 unspecified atom stereocenters. The summed E-state index contributed by atoms with van der Waals surface area (Å²) in [4.78, 5) is 48.2. The zero-order valence-electron chi connectivity index (χ0n) is 25.9. The molecule has 0 aliphatic carbocycles. The minimum Gasteiger partial charge on any atom is -0.480 e. The molecule has 0 saturated heterocycles. The number of aliphatic carboxylic acids is 1. The second-order valence-corrected chi connectivity index (χ2v) is 13.1. The summed E-state index contributed by atoms with van der Waals surface area (Å²) in [5, 5.41) is 14.6. The van der Waals surface area contributed by atoms with Crippen LogP contribution in [0.25, 0.3) is 11.4 Å². The van der Waals surface area contributed by atoms with Crippen LogP contribution < -0.4 is 10.6 Å². The summed E-state index contributed by atoms with van der Waals surface area (Å²) in [6, 6.07) is 17.8. The van der Waals surface area contributed by atoms with Crippen LogP contribution in [0.5, 0.6) is 0 Å². The van der Waals surface area contributed by atoms with Crippen molar-refractivity contribution in [2.75, 3.05) is 0 Å². The van der Waals surface area contributed by atoms with Crippen LogP contribution in [0.2, 0.25) is 0 Å². The van der Waals surface area contributed by atoms with Gasteiger partial charge in [0.15, 0.2) is 5.82 Å². The number of benzene rings is 2. The minimum absolute atomic E-state index is 0.107. The van der Waals surface area contributed by atoms with E-state index in [9.17, 15) is 19.5 Å². The number of thiophene rings is 1. The van der Waals surface area contributed by atoms with Crippen molar-refractivity contribution in [2.45, 2.75) is 77.8 Å². The van der Waals surface area contributed by atoms with Gasteiger partial charge in [-0.05, 0) is 66.0 Å². The number of carboxylic acids is 1. The van der Waals surface area contributed by atoms with E-state index >= 15 is 0 Å².